The Bertz CT molecular complexity index is 348. The zero-order chi connectivity index (χ0) is 12.4. The van der Waals surface area contributed by atoms with E-state index in [-0.39, 0.29) is 30.8 Å². The van der Waals surface area contributed by atoms with Gasteiger partial charge in [0.2, 0.25) is 5.91 Å². The number of likely N-dealkylation sites (tertiary alicyclic amines) is 1. The summed E-state index contributed by atoms with van der Waals surface area (Å²) >= 11 is 0. The second kappa shape index (κ2) is 4.85. The van der Waals surface area contributed by atoms with Crippen LogP contribution < -0.4 is 0 Å². The number of Topliss-reactive ketones (excluding diaryl/α,β-unsaturated/α-hetero) is 1. The van der Waals surface area contributed by atoms with Crippen LogP contribution in [0.15, 0.2) is 0 Å². The molecule has 1 unspecified atom stereocenters. The van der Waals surface area contributed by atoms with Crippen LogP contribution in [0.4, 0.5) is 0 Å². The smallest absolute Gasteiger partial charge is 0.316 e. The van der Waals surface area contributed by atoms with E-state index < -0.39 is 11.9 Å². The number of hydrogen-bond donors (Lipinski definition) is 0. The van der Waals surface area contributed by atoms with Crippen LogP contribution in [0, 0.1) is 11.8 Å². The Morgan fingerprint density at radius 1 is 1.35 bits per heavy atom. The molecule has 5 nitrogen and oxygen atoms in total. The second-order valence-electron chi connectivity index (χ2n) is 4.59. The molecule has 2 rings (SSSR count). The maximum absolute atomic E-state index is 11.8. The van der Waals surface area contributed by atoms with Crippen molar-refractivity contribution in [1.82, 2.24) is 4.90 Å². The van der Waals surface area contributed by atoms with Crippen molar-refractivity contribution in [3.05, 3.63) is 0 Å². The highest BCUT2D eigenvalue weighted by molar-refractivity contribution is 6.02. The van der Waals surface area contributed by atoms with Gasteiger partial charge in [0.1, 0.15) is 5.92 Å². The van der Waals surface area contributed by atoms with Crippen molar-refractivity contribution >= 4 is 17.7 Å². The standard InChI is InChI=1S/C12H17NO4/c1-2-17-12(16)9-5-6-13(7-10(9)14)11(15)8-3-4-8/h8-9H,2-7H2,1H3. The van der Waals surface area contributed by atoms with Gasteiger partial charge in [-0.05, 0) is 26.2 Å². The molecule has 1 saturated carbocycles. The van der Waals surface area contributed by atoms with Gasteiger partial charge in [-0.3, -0.25) is 14.4 Å². The Labute approximate surface area is 100 Å². The number of nitrogens with zero attached hydrogens (tertiary/aromatic N) is 1. The van der Waals surface area contributed by atoms with Gasteiger partial charge >= 0.3 is 5.97 Å². The van der Waals surface area contributed by atoms with Crippen molar-refractivity contribution in [2.45, 2.75) is 26.2 Å². The lowest BCUT2D eigenvalue weighted by atomic mass is 9.95. The third-order valence-electron chi connectivity index (χ3n) is 3.23. The summed E-state index contributed by atoms with van der Waals surface area (Å²) in [7, 11) is 0. The molecular weight excluding hydrogens is 222 g/mol. The molecule has 0 spiro atoms. The largest absolute Gasteiger partial charge is 0.465 e. The zero-order valence-electron chi connectivity index (χ0n) is 9.98. The summed E-state index contributed by atoms with van der Waals surface area (Å²) in [5, 5.41) is 0. The van der Waals surface area contributed by atoms with Crippen LogP contribution in [0.2, 0.25) is 0 Å². The van der Waals surface area contributed by atoms with Gasteiger partial charge in [-0.25, -0.2) is 0 Å². The minimum Gasteiger partial charge on any atom is -0.465 e. The molecule has 17 heavy (non-hydrogen) atoms. The number of esters is 1. The number of amides is 1. The van der Waals surface area contributed by atoms with E-state index in [1.165, 1.54) is 0 Å². The third-order valence-corrected chi connectivity index (χ3v) is 3.23. The van der Waals surface area contributed by atoms with Crippen LogP contribution in [-0.2, 0) is 19.1 Å². The van der Waals surface area contributed by atoms with Crippen LogP contribution in [-0.4, -0.2) is 42.3 Å². The van der Waals surface area contributed by atoms with Crippen molar-refractivity contribution in [2.24, 2.45) is 11.8 Å². The quantitative estimate of drug-likeness (QED) is 0.527. The Kier molecular flexibility index (Phi) is 3.45. The lowest BCUT2D eigenvalue weighted by Gasteiger charge is -2.29. The van der Waals surface area contributed by atoms with Gasteiger partial charge < -0.3 is 9.64 Å². The van der Waals surface area contributed by atoms with E-state index in [0.717, 1.165) is 12.8 Å². The van der Waals surface area contributed by atoms with Gasteiger partial charge in [-0.2, -0.15) is 0 Å². The fourth-order valence-electron chi connectivity index (χ4n) is 2.09. The molecule has 2 fully saturated rings. The number of hydrogen-bond acceptors (Lipinski definition) is 4. The number of rotatable bonds is 3. The third kappa shape index (κ3) is 2.65. The summed E-state index contributed by atoms with van der Waals surface area (Å²) in [4.78, 5) is 36.6. The molecule has 0 N–H and O–H groups in total. The zero-order valence-corrected chi connectivity index (χ0v) is 9.98. The van der Waals surface area contributed by atoms with Gasteiger partial charge in [0.25, 0.3) is 0 Å². The number of ether oxygens (including phenoxy) is 1. The van der Waals surface area contributed by atoms with Crippen molar-refractivity contribution < 1.29 is 19.1 Å². The molecule has 0 aromatic rings. The number of carbonyl (C=O) groups excluding carboxylic acids is 3. The number of carbonyl (C=O) groups is 3. The Morgan fingerprint density at radius 3 is 2.59 bits per heavy atom. The van der Waals surface area contributed by atoms with E-state index in [1.54, 1.807) is 11.8 Å². The summed E-state index contributed by atoms with van der Waals surface area (Å²) in [5.74, 6) is -1.11. The van der Waals surface area contributed by atoms with Crippen LogP contribution >= 0.6 is 0 Å². The molecule has 94 valence electrons. The van der Waals surface area contributed by atoms with Crippen molar-refractivity contribution in [3.63, 3.8) is 0 Å². The molecule has 1 aliphatic heterocycles. The molecule has 0 aromatic heterocycles. The second-order valence-corrected chi connectivity index (χ2v) is 4.59. The molecule has 0 radical (unpaired) electrons. The minimum atomic E-state index is -0.668. The predicted octanol–water partition coefficient (Wildman–Crippen LogP) is 0.377. The predicted molar refractivity (Wildman–Crippen MR) is 59.1 cm³/mol. The summed E-state index contributed by atoms with van der Waals surface area (Å²) in [6, 6.07) is 0. The Hall–Kier alpha value is -1.39. The molecule has 0 bridgehead atoms. The maximum atomic E-state index is 11.8. The van der Waals surface area contributed by atoms with E-state index in [4.69, 9.17) is 4.74 Å². The van der Waals surface area contributed by atoms with Gasteiger partial charge in [0, 0.05) is 12.5 Å². The van der Waals surface area contributed by atoms with Crippen molar-refractivity contribution in [2.75, 3.05) is 19.7 Å². The highest BCUT2D eigenvalue weighted by Crippen LogP contribution is 2.32. The lowest BCUT2D eigenvalue weighted by molar-refractivity contribution is -0.156. The summed E-state index contributed by atoms with van der Waals surface area (Å²) < 4.78 is 4.84. The van der Waals surface area contributed by atoms with Gasteiger partial charge in [0.15, 0.2) is 5.78 Å². The average molecular weight is 239 g/mol. The highest BCUT2D eigenvalue weighted by atomic mass is 16.5. The Morgan fingerprint density at radius 2 is 2.06 bits per heavy atom. The number of piperidine rings is 1. The first kappa shape index (κ1) is 12.1. The first-order valence-electron chi connectivity index (χ1n) is 6.11. The number of ketones is 1. The molecule has 1 amide bonds. The van der Waals surface area contributed by atoms with Gasteiger partial charge in [0.05, 0.1) is 13.2 Å². The van der Waals surface area contributed by atoms with E-state index in [2.05, 4.69) is 0 Å². The topological polar surface area (TPSA) is 63.7 Å². The van der Waals surface area contributed by atoms with Crippen molar-refractivity contribution in [1.29, 1.82) is 0 Å². The van der Waals surface area contributed by atoms with Gasteiger partial charge in [-0.15, -0.1) is 0 Å². The van der Waals surface area contributed by atoms with E-state index in [9.17, 15) is 14.4 Å². The van der Waals surface area contributed by atoms with Gasteiger partial charge in [-0.1, -0.05) is 0 Å². The maximum Gasteiger partial charge on any atom is 0.316 e. The minimum absolute atomic E-state index is 0.0683. The van der Waals surface area contributed by atoms with Crippen molar-refractivity contribution in [3.8, 4) is 0 Å². The normalized spacial score (nSPS) is 24.6. The van der Waals surface area contributed by atoms with Crippen LogP contribution in [0.5, 0.6) is 0 Å². The monoisotopic (exact) mass is 239 g/mol. The fourth-order valence-corrected chi connectivity index (χ4v) is 2.09. The average Bonchev–Trinajstić information content (AvgIpc) is 3.12. The van der Waals surface area contributed by atoms with E-state index in [0.29, 0.717) is 13.0 Å². The van der Waals surface area contributed by atoms with E-state index >= 15 is 0 Å². The Balaban J connectivity index is 1.90. The lowest BCUT2D eigenvalue weighted by Crippen LogP contribution is -2.47. The highest BCUT2D eigenvalue weighted by Gasteiger charge is 2.39. The van der Waals surface area contributed by atoms with Crippen LogP contribution in [0.3, 0.4) is 0 Å². The molecular formula is C12H17NO4. The molecule has 0 aromatic carbocycles. The molecule has 1 heterocycles. The summed E-state index contributed by atoms with van der Waals surface area (Å²) in [6.45, 7) is 2.56. The molecule has 1 saturated heterocycles. The molecule has 1 aliphatic carbocycles. The molecule has 1 atom stereocenters. The first-order valence-corrected chi connectivity index (χ1v) is 6.11. The van der Waals surface area contributed by atoms with Crippen LogP contribution in [0.1, 0.15) is 26.2 Å². The SMILES string of the molecule is CCOC(=O)C1CCN(C(=O)C2CC2)CC1=O. The molecule has 5 heteroatoms. The van der Waals surface area contributed by atoms with Crippen LogP contribution in [0.25, 0.3) is 0 Å². The molecule has 2 aliphatic rings. The summed E-state index contributed by atoms with van der Waals surface area (Å²) in [5.41, 5.74) is 0. The van der Waals surface area contributed by atoms with E-state index in [1.807, 2.05) is 0 Å². The summed E-state index contributed by atoms with van der Waals surface area (Å²) in [6.07, 6.45) is 2.27. The first-order chi connectivity index (χ1) is 8.13. The fraction of sp³-hybridized carbons (Fsp3) is 0.750.